The summed E-state index contributed by atoms with van der Waals surface area (Å²) >= 11 is 0. The highest BCUT2D eigenvalue weighted by molar-refractivity contribution is 6.25. The first kappa shape index (κ1) is 19.9. The second-order valence-electron chi connectivity index (χ2n) is 6.48. The number of carbonyl (C=O) groups is 4. The summed E-state index contributed by atoms with van der Waals surface area (Å²) in [4.78, 5) is 53.6. The minimum atomic E-state index is -1.06. The van der Waals surface area contributed by atoms with Gasteiger partial charge in [-0.2, -0.15) is 4.79 Å². The van der Waals surface area contributed by atoms with E-state index in [1.54, 1.807) is 48.5 Å². The highest BCUT2D eigenvalue weighted by Crippen LogP contribution is 2.26. The molecule has 0 aliphatic carbocycles. The lowest BCUT2D eigenvalue weighted by Gasteiger charge is -2.25. The SMILES string of the molecule is [N-]=[N+]=CC(=O)CCNC(=O)[C@H](Cc1ccccc1)N1C(=O)c2ccccc2C1=O. The van der Waals surface area contributed by atoms with Gasteiger partial charge >= 0.3 is 6.21 Å². The fourth-order valence-electron chi connectivity index (χ4n) is 3.19. The first-order valence-electron chi connectivity index (χ1n) is 9.01. The number of rotatable bonds is 8. The number of imide groups is 1. The summed E-state index contributed by atoms with van der Waals surface area (Å²) in [5, 5.41) is 2.59. The monoisotopic (exact) mass is 390 g/mol. The van der Waals surface area contributed by atoms with Gasteiger partial charge in [0.15, 0.2) is 0 Å². The van der Waals surface area contributed by atoms with Crippen LogP contribution < -0.4 is 5.32 Å². The number of hydrogen-bond acceptors (Lipinski definition) is 4. The Morgan fingerprint density at radius 2 is 1.59 bits per heavy atom. The van der Waals surface area contributed by atoms with Crippen LogP contribution in [0.2, 0.25) is 0 Å². The van der Waals surface area contributed by atoms with E-state index in [2.05, 4.69) is 10.1 Å². The second-order valence-corrected chi connectivity index (χ2v) is 6.48. The third-order valence-corrected chi connectivity index (χ3v) is 4.58. The second kappa shape index (κ2) is 8.86. The van der Waals surface area contributed by atoms with Gasteiger partial charge in [-0.15, -0.1) is 0 Å². The molecule has 1 atom stereocenters. The molecule has 1 heterocycles. The molecule has 0 aromatic heterocycles. The van der Waals surface area contributed by atoms with Crippen LogP contribution >= 0.6 is 0 Å². The van der Waals surface area contributed by atoms with E-state index in [-0.39, 0.29) is 30.5 Å². The topological polar surface area (TPSA) is 120 Å². The van der Waals surface area contributed by atoms with E-state index in [1.807, 2.05) is 6.07 Å². The van der Waals surface area contributed by atoms with E-state index in [0.29, 0.717) is 0 Å². The zero-order valence-electron chi connectivity index (χ0n) is 15.4. The van der Waals surface area contributed by atoms with Crippen molar-refractivity contribution in [3.05, 3.63) is 76.8 Å². The van der Waals surface area contributed by atoms with E-state index >= 15 is 0 Å². The summed E-state index contributed by atoms with van der Waals surface area (Å²) in [5.74, 6) is -2.06. The molecule has 8 nitrogen and oxygen atoms in total. The molecule has 1 N–H and O–H groups in total. The van der Waals surface area contributed by atoms with Crippen LogP contribution in [0, 0.1) is 0 Å². The average Bonchev–Trinajstić information content (AvgIpc) is 2.98. The van der Waals surface area contributed by atoms with Gasteiger partial charge in [-0.1, -0.05) is 42.5 Å². The van der Waals surface area contributed by atoms with Crippen LogP contribution in [-0.4, -0.2) is 52.0 Å². The van der Waals surface area contributed by atoms with Crippen molar-refractivity contribution >= 4 is 29.7 Å². The van der Waals surface area contributed by atoms with Crippen molar-refractivity contribution in [2.75, 3.05) is 6.54 Å². The summed E-state index contributed by atoms with van der Waals surface area (Å²) in [5.41, 5.74) is 9.67. The highest BCUT2D eigenvalue weighted by Gasteiger charge is 2.42. The molecule has 0 radical (unpaired) electrons. The number of nitrogens with one attached hydrogen (secondary N) is 1. The number of fused-ring (bicyclic) bond motifs is 1. The summed E-state index contributed by atoms with van der Waals surface area (Å²) in [6.45, 7) is -0.0157. The molecule has 146 valence electrons. The third-order valence-electron chi connectivity index (χ3n) is 4.58. The lowest BCUT2D eigenvalue weighted by molar-refractivity contribution is -0.125. The molecule has 0 unspecified atom stereocenters. The molecule has 8 heteroatoms. The van der Waals surface area contributed by atoms with Gasteiger partial charge in [-0.05, 0) is 17.7 Å². The zero-order valence-corrected chi connectivity index (χ0v) is 15.4. The number of carbonyl (C=O) groups excluding carboxylic acids is 4. The Bertz CT molecular complexity index is 977. The number of nitrogens with zero attached hydrogens (tertiary/aromatic N) is 3. The van der Waals surface area contributed by atoms with Crippen LogP contribution in [0.15, 0.2) is 54.6 Å². The van der Waals surface area contributed by atoms with Crippen molar-refractivity contribution in [2.45, 2.75) is 18.9 Å². The number of Topliss-reactive ketones (excluding diaryl/α,β-unsaturated/α-hetero) is 1. The Balaban J connectivity index is 1.83. The van der Waals surface area contributed by atoms with E-state index in [9.17, 15) is 19.2 Å². The summed E-state index contributed by atoms with van der Waals surface area (Å²) in [7, 11) is 0. The van der Waals surface area contributed by atoms with Gasteiger partial charge in [0, 0.05) is 19.4 Å². The molecule has 0 spiro atoms. The van der Waals surface area contributed by atoms with Crippen molar-refractivity contribution in [2.24, 2.45) is 0 Å². The molecule has 1 aliphatic rings. The molecule has 29 heavy (non-hydrogen) atoms. The zero-order chi connectivity index (χ0) is 20.8. The number of ketones is 1. The maximum atomic E-state index is 12.9. The van der Waals surface area contributed by atoms with Crippen LogP contribution in [0.25, 0.3) is 5.53 Å². The molecule has 2 aromatic carbocycles. The molecule has 1 aliphatic heterocycles. The van der Waals surface area contributed by atoms with Gasteiger partial charge in [-0.25, -0.2) is 0 Å². The van der Waals surface area contributed by atoms with Gasteiger partial charge in [0.25, 0.3) is 11.8 Å². The Morgan fingerprint density at radius 1 is 1.00 bits per heavy atom. The van der Waals surface area contributed by atoms with Crippen LogP contribution in [0.4, 0.5) is 0 Å². The first-order chi connectivity index (χ1) is 14.0. The Morgan fingerprint density at radius 3 is 2.17 bits per heavy atom. The predicted molar refractivity (Wildman–Crippen MR) is 103 cm³/mol. The molecule has 0 fully saturated rings. The molecule has 2 aromatic rings. The Hall–Kier alpha value is -3.90. The number of benzene rings is 2. The van der Waals surface area contributed by atoms with Gasteiger partial charge in [0.05, 0.1) is 11.1 Å². The molecular formula is C21H18N4O4. The van der Waals surface area contributed by atoms with E-state index < -0.39 is 29.5 Å². The van der Waals surface area contributed by atoms with Crippen LogP contribution in [0.5, 0.6) is 0 Å². The van der Waals surface area contributed by atoms with Crippen LogP contribution in [0.1, 0.15) is 32.7 Å². The summed E-state index contributed by atoms with van der Waals surface area (Å²) < 4.78 is 0. The van der Waals surface area contributed by atoms with Crippen LogP contribution in [-0.2, 0) is 16.0 Å². The highest BCUT2D eigenvalue weighted by atomic mass is 16.2. The van der Waals surface area contributed by atoms with E-state index in [1.165, 1.54) is 0 Å². The quantitative estimate of drug-likeness (QED) is 0.316. The van der Waals surface area contributed by atoms with E-state index in [4.69, 9.17) is 5.53 Å². The minimum Gasteiger partial charge on any atom is -0.361 e. The summed E-state index contributed by atoms with van der Waals surface area (Å²) in [6.07, 6.45) is 0.817. The minimum absolute atomic E-state index is 0.0157. The maximum Gasteiger partial charge on any atom is 0.323 e. The number of amides is 3. The predicted octanol–water partition coefficient (Wildman–Crippen LogP) is 1.27. The Kier molecular flexibility index (Phi) is 6.06. The van der Waals surface area contributed by atoms with Crippen LogP contribution in [0.3, 0.4) is 0 Å². The van der Waals surface area contributed by atoms with Gasteiger partial charge < -0.3 is 10.8 Å². The lowest BCUT2D eigenvalue weighted by atomic mass is 10.0. The molecule has 0 saturated carbocycles. The van der Waals surface area contributed by atoms with Crippen molar-refractivity contribution in [1.82, 2.24) is 10.2 Å². The fourth-order valence-corrected chi connectivity index (χ4v) is 3.19. The molecule has 3 rings (SSSR count). The summed E-state index contributed by atoms with van der Waals surface area (Å²) in [6, 6.07) is 14.4. The fraction of sp³-hybridized carbons (Fsp3) is 0.190. The smallest absolute Gasteiger partial charge is 0.323 e. The van der Waals surface area contributed by atoms with Crippen molar-refractivity contribution in [1.29, 1.82) is 0 Å². The maximum absolute atomic E-state index is 12.9. The molecule has 0 bridgehead atoms. The number of hydrogen-bond donors (Lipinski definition) is 1. The van der Waals surface area contributed by atoms with E-state index in [0.717, 1.165) is 16.7 Å². The van der Waals surface area contributed by atoms with Crippen molar-refractivity contribution in [3.63, 3.8) is 0 Å². The van der Waals surface area contributed by atoms with Gasteiger partial charge in [0.2, 0.25) is 11.7 Å². The first-order valence-corrected chi connectivity index (χ1v) is 9.01. The van der Waals surface area contributed by atoms with Gasteiger partial charge in [-0.3, -0.25) is 24.1 Å². The standard InChI is InChI=1S/C21H18N4O4/c22-24-13-15(26)10-11-23-19(27)18(12-14-6-2-1-3-7-14)25-20(28)16-8-4-5-9-17(16)21(25)29/h1-9,13,18H,10-12H2,(H,23,27)/t18-/m0/s1. The normalized spacial score (nSPS) is 13.4. The molecular weight excluding hydrogens is 372 g/mol. The lowest BCUT2D eigenvalue weighted by Crippen LogP contribution is -2.51. The van der Waals surface area contributed by atoms with Gasteiger partial charge in [0.1, 0.15) is 6.04 Å². The third kappa shape index (κ3) is 4.34. The average molecular weight is 390 g/mol. The largest absolute Gasteiger partial charge is 0.361 e. The Labute approximate surface area is 166 Å². The van der Waals surface area contributed by atoms with Crippen molar-refractivity contribution in [3.8, 4) is 0 Å². The molecule has 3 amide bonds. The van der Waals surface area contributed by atoms with Crippen molar-refractivity contribution < 1.29 is 24.0 Å². The molecule has 0 saturated heterocycles.